The summed E-state index contributed by atoms with van der Waals surface area (Å²) >= 11 is 5.30. The number of carbonyl (C=O) groups is 1. The number of nitrogens with one attached hydrogen (secondary N) is 2. The molecule has 2 N–H and O–H groups in total. The second kappa shape index (κ2) is 12.3. The molecule has 4 nitrogen and oxygen atoms in total. The third-order valence-corrected chi connectivity index (χ3v) is 5.77. The molecular formula is C25H32N2O2S. The van der Waals surface area contributed by atoms with Crippen molar-refractivity contribution in [1.82, 2.24) is 5.32 Å². The molecule has 0 saturated heterocycles. The van der Waals surface area contributed by atoms with Crippen molar-refractivity contribution in [2.75, 3.05) is 11.9 Å². The summed E-state index contributed by atoms with van der Waals surface area (Å²) in [5.74, 6) is 1.48. The van der Waals surface area contributed by atoms with Crippen LogP contribution in [0.4, 0.5) is 5.69 Å². The topological polar surface area (TPSA) is 50.4 Å². The van der Waals surface area contributed by atoms with Crippen molar-refractivity contribution in [2.24, 2.45) is 5.92 Å². The molecular weight excluding hydrogens is 392 g/mol. The molecule has 0 unspecified atom stereocenters. The van der Waals surface area contributed by atoms with Crippen LogP contribution < -0.4 is 15.4 Å². The van der Waals surface area contributed by atoms with Gasteiger partial charge in [-0.1, -0.05) is 68.5 Å². The summed E-state index contributed by atoms with van der Waals surface area (Å²) in [7, 11) is 0. The first-order valence-corrected chi connectivity index (χ1v) is 11.5. The molecule has 5 heteroatoms. The van der Waals surface area contributed by atoms with Crippen LogP contribution in [0.2, 0.25) is 0 Å². The van der Waals surface area contributed by atoms with Gasteiger partial charge in [-0.3, -0.25) is 4.79 Å². The molecule has 1 aliphatic rings. The largest absolute Gasteiger partial charge is 0.494 e. The second-order valence-corrected chi connectivity index (χ2v) is 8.42. The van der Waals surface area contributed by atoms with Crippen LogP contribution in [0.15, 0.2) is 54.6 Å². The molecule has 0 aliphatic heterocycles. The molecule has 0 atom stereocenters. The standard InChI is InChI=1S/C25H32N2O2S/c28-24(17-16-21-11-5-2-6-12-21)27-25(30)26-22-14-7-15-23(19-22)29-18-8-13-20-9-3-1-4-10-20/h1,3-4,7,9-10,14-15,19,21H,2,5-6,8,11-13,16-18H2,(H2,26,27,28,30). The first-order chi connectivity index (χ1) is 14.7. The number of amides is 1. The highest BCUT2D eigenvalue weighted by Crippen LogP contribution is 2.27. The molecule has 0 spiro atoms. The van der Waals surface area contributed by atoms with Gasteiger partial charge in [0.1, 0.15) is 5.75 Å². The zero-order valence-corrected chi connectivity index (χ0v) is 18.4. The van der Waals surface area contributed by atoms with E-state index in [2.05, 4.69) is 34.9 Å². The smallest absolute Gasteiger partial charge is 0.226 e. The van der Waals surface area contributed by atoms with Crippen LogP contribution in [-0.4, -0.2) is 17.6 Å². The third kappa shape index (κ3) is 8.15. The SMILES string of the molecule is O=C(CCC1CCCCC1)NC(=S)Nc1cccc(OCCCc2ccccc2)c1. The van der Waals surface area contributed by atoms with Gasteiger partial charge < -0.3 is 15.4 Å². The fourth-order valence-corrected chi connectivity index (χ4v) is 4.17. The van der Waals surface area contributed by atoms with Gasteiger partial charge in [0, 0.05) is 18.2 Å². The van der Waals surface area contributed by atoms with Gasteiger partial charge in [-0.25, -0.2) is 0 Å². The number of rotatable bonds is 9. The van der Waals surface area contributed by atoms with Crippen molar-refractivity contribution in [3.63, 3.8) is 0 Å². The van der Waals surface area contributed by atoms with Crippen LogP contribution >= 0.6 is 12.2 Å². The van der Waals surface area contributed by atoms with E-state index in [1.807, 2.05) is 30.3 Å². The maximum atomic E-state index is 12.2. The van der Waals surface area contributed by atoms with Gasteiger partial charge in [-0.05, 0) is 55.1 Å². The summed E-state index contributed by atoms with van der Waals surface area (Å²) in [5.41, 5.74) is 2.13. The van der Waals surface area contributed by atoms with Crippen LogP contribution in [0.3, 0.4) is 0 Å². The molecule has 0 bridgehead atoms. The van der Waals surface area contributed by atoms with E-state index in [0.29, 0.717) is 24.1 Å². The summed E-state index contributed by atoms with van der Waals surface area (Å²) in [6, 6.07) is 18.1. The fourth-order valence-electron chi connectivity index (χ4n) is 3.94. The summed E-state index contributed by atoms with van der Waals surface area (Å²) in [6.45, 7) is 0.653. The normalized spacial score (nSPS) is 14.1. The minimum atomic E-state index is -0.00797. The Morgan fingerprint density at radius 1 is 1.03 bits per heavy atom. The first-order valence-electron chi connectivity index (χ1n) is 11.1. The lowest BCUT2D eigenvalue weighted by molar-refractivity contribution is -0.120. The zero-order valence-electron chi connectivity index (χ0n) is 17.6. The van der Waals surface area contributed by atoms with Crippen LogP contribution in [0.5, 0.6) is 5.75 Å². The van der Waals surface area contributed by atoms with Gasteiger partial charge in [0.25, 0.3) is 0 Å². The van der Waals surface area contributed by atoms with E-state index in [9.17, 15) is 4.79 Å². The van der Waals surface area contributed by atoms with Gasteiger partial charge in [0.15, 0.2) is 5.11 Å². The summed E-state index contributed by atoms with van der Waals surface area (Å²) in [6.07, 6.45) is 9.91. The van der Waals surface area contributed by atoms with Crippen molar-refractivity contribution in [3.8, 4) is 5.75 Å². The van der Waals surface area contributed by atoms with Crippen molar-refractivity contribution in [1.29, 1.82) is 0 Å². The third-order valence-electron chi connectivity index (χ3n) is 5.57. The molecule has 30 heavy (non-hydrogen) atoms. The Morgan fingerprint density at radius 2 is 1.83 bits per heavy atom. The van der Waals surface area contributed by atoms with E-state index < -0.39 is 0 Å². The van der Waals surface area contributed by atoms with Gasteiger partial charge in [-0.2, -0.15) is 0 Å². The first kappa shape index (κ1) is 22.3. The molecule has 0 aromatic heterocycles. The summed E-state index contributed by atoms with van der Waals surface area (Å²) in [4.78, 5) is 12.2. The number of thiocarbonyl (C=S) groups is 1. The molecule has 1 fully saturated rings. The Bertz CT molecular complexity index is 804. The number of aryl methyl sites for hydroxylation is 1. The molecule has 2 aromatic rings. The maximum Gasteiger partial charge on any atom is 0.226 e. The van der Waals surface area contributed by atoms with Crippen molar-refractivity contribution >= 4 is 28.9 Å². The van der Waals surface area contributed by atoms with Gasteiger partial charge in [0.05, 0.1) is 6.61 Å². The number of carbonyl (C=O) groups excluding carboxylic acids is 1. The average molecular weight is 425 g/mol. The number of hydrogen-bond acceptors (Lipinski definition) is 3. The van der Waals surface area contributed by atoms with E-state index in [1.165, 1.54) is 37.7 Å². The van der Waals surface area contributed by atoms with E-state index in [1.54, 1.807) is 0 Å². The van der Waals surface area contributed by atoms with Crippen molar-refractivity contribution in [2.45, 2.75) is 57.8 Å². The van der Waals surface area contributed by atoms with E-state index in [0.717, 1.165) is 30.7 Å². The molecule has 0 radical (unpaired) electrons. The molecule has 2 aromatic carbocycles. The van der Waals surface area contributed by atoms with Crippen LogP contribution in [0, 0.1) is 5.92 Å². The summed E-state index contributed by atoms with van der Waals surface area (Å²) in [5, 5.41) is 6.22. The maximum absolute atomic E-state index is 12.2. The molecule has 1 saturated carbocycles. The minimum absolute atomic E-state index is 0.00797. The number of benzene rings is 2. The van der Waals surface area contributed by atoms with Gasteiger partial charge in [-0.15, -0.1) is 0 Å². The minimum Gasteiger partial charge on any atom is -0.494 e. The summed E-state index contributed by atoms with van der Waals surface area (Å²) < 4.78 is 5.87. The highest BCUT2D eigenvalue weighted by molar-refractivity contribution is 7.80. The lowest BCUT2D eigenvalue weighted by Gasteiger charge is -2.21. The zero-order chi connectivity index (χ0) is 21.0. The molecule has 3 rings (SSSR count). The number of anilines is 1. The predicted octanol–water partition coefficient (Wildman–Crippen LogP) is 5.87. The van der Waals surface area contributed by atoms with Gasteiger partial charge >= 0.3 is 0 Å². The van der Waals surface area contributed by atoms with E-state index in [-0.39, 0.29) is 5.91 Å². The molecule has 0 heterocycles. The van der Waals surface area contributed by atoms with Gasteiger partial charge in [0.2, 0.25) is 5.91 Å². The molecule has 1 aliphatic carbocycles. The lowest BCUT2D eigenvalue weighted by atomic mass is 9.86. The second-order valence-electron chi connectivity index (χ2n) is 8.01. The number of ether oxygens (including phenoxy) is 1. The Kier molecular flexibility index (Phi) is 9.16. The van der Waals surface area contributed by atoms with E-state index >= 15 is 0 Å². The van der Waals surface area contributed by atoms with Crippen LogP contribution in [0.1, 0.15) is 56.9 Å². The molecule has 1 amide bonds. The van der Waals surface area contributed by atoms with Crippen molar-refractivity contribution < 1.29 is 9.53 Å². The Labute approximate surface area is 185 Å². The monoisotopic (exact) mass is 424 g/mol. The predicted molar refractivity (Wildman–Crippen MR) is 127 cm³/mol. The Balaban J connectivity index is 1.36. The lowest BCUT2D eigenvalue weighted by Crippen LogP contribution is -2.34. The number of hydrogen-bond donors (Lipinski definition) is 2. The highest BCUT2D eigenvalue weighted by Gasteiger charge is 2.15. The highest BCUT2D eigenvalue weighted by atomic mass is 32.1. The Morgan fingerprint density at radius 3 is 2.63 bits per heavy atom. The van der Waals surface area contributed by atoms with Crippen LogP contribution in [-0.2, 0) is 11.2 Å². The fraction of sp³-hybridized carbons (Fsp3) is 0.440. The van der Waals surface area contributed by atoms with Crippen molar-refractivity contribution in [3.05, 3.63) is 60.2 Å². The van der Waals surface area contributed by atoms with Crippen LogP contribution in [0.25, 0.3) is 0 Å². The quantitative estimate of drug-likeness (QED) is 0.390. The molecule has 160 valence electrons. The average Bonchev–Trinajstić information content (AvgIpc) is 2.77. The Hall–Kier alpha value is -2.40. The van der Waals surface area contributed by atoms with E-state index in [4.69, 9.17) is 17.0 Å².